The van der Waals surface area contributed by atoms with Gasteiger partial charge in [-0.2, -0.15) is 12.6 Å². The van der Waals surface area contributed by atoms with E-state index < -0.39 is 0 Å². The van der Waals surface area contributed by atoms with Crippen LogP contribution >= 0.6 is 25.3 Å². The summed E-state index contributed by atoms with van der Waals surface area (Å²) in [5.41, 5.74) is 1.01. The molecule has 1 atom stereocenters. The molecule has 1 heterocycles. The minimum atomic E-state index is -0.335. The molecule has 0 amide bonds. The highest BCUT2D eigenvalue weighted by molar-refractivity contribution is 7.81. The van der Waals surface area contributed by atoms with Crippen molar-refractivity contribution in [2.45, 2.75) is 16.6 Å². The predicted molar refractivity (Wildman–Crippen MR) is 55.8 cm³/mol. The summed E-state index contributed by atoms with van der Waals surface area (Å²) in [5, 5.41) is -0.335. The third-order valence-corrected chi connectivity index (χ3v) is 2.62. The maximum atomic E-state index is 11.1. The lowest BCUT2D eigenvalue weighted by Gasteiger charge is -2.19. The Morgan fingerprint density at radius 2 is 2.23 bits per heavy atom. The van der Waals surface area contributed by atoms with Gasteiger partial charge in [0.25, 0.3) is 0 Å². The predicted octanol–water partition coefficient (Wildman–Crippen LogP) is 1.74. The highest BCUT2D eigenvalue weighted by Gasteiger charge is 2.25. The molecule has 0 N–H and O–H groups in total. The first-order chi connectivity index (χ1) is 6.16. The van der Waals surface area contributed by atoms with E-state index in [1.807, 2.05) is 12.1 Å². The van der Waals surface area contributed by atoms with Crippen LogP contribution in [-0.2, 0) is 11.2 Å². The second-order valence-electron chi connectivity index (χ2n) is 2.93. The summed E-state index contributed by atoms with van der Waals surface area (Å²) >= 11 is 8.27. The molecule has 1 unspecified atom stereocenters. The van der Waals surface area contributed by atoms with Crippen molar-refractivity contribution in [2.24, 2.45) is 0 Å². The molecule has 0 spiro atoms. The molecule has 1 aliphatic heterocycles. The van der Waals surface area contributed by atoms with Crippen LogP contribution < -0.4 is 4.74 Å². The quantitative estimate of drug-likeness (QED) is 0.389. The van der Waals surface area contributed by atoms with Gasteiger partial charge in [0.15, 0.2) is 0 Å². The van der Waals surface area contributed by atoms with E-state index in [1.54, 1.807) is 6.07 Å². The van der Waals surface area contributed by atoms with Crippen LogP contribution in [0.4, 0.5) is 0 Å². The van der Waals surface area contributed by atoms with Gasteiger partial charge in [-0.1, -0.05) is 6.07 Å². The molecule has 2 rings (SSSR count). The first kappa shape index (κ1) is 8.97. The van der Waals surface area contributed by atoms with Crippen molar-refractivity contribution in [1.29, 1.82) is 0 Å². The fourth-order valence-electron chi connectivity index (χ4n) is 1.27. The molecule has 0 aromatic heterocycles. The molecule has 0 radical (unpaired) electrons. The second kappa shape index (κ2) is 3.27. The summed E-state index contributed by atoms with van der Waals surface area (Å²) in [6.45, 7) is 0. The highest BCUT2D eigenvalue weighted by atomic mass is 32.1. The van der Waals surface area contributed by atoms with Gasteiger partial charge in [0.1, 0.15) is 11.0 Å². The van der Waals surface area contributed by atoms with Crippen molar-refractivity contribution >= 4 is 31.2 Å². The Morgan fingerprint density at radius 3 is 3.00 bits per heavy atom. The van der Waals surface area contributed by atoms with Crippen LogP contribution in [0.2, 0.25) is 0 Å². The fraction of sp³-hybridized carbons (Fsp3) is 0.222. The van der Waals surface area contributed by atoms with E-state index in [-0.39, 0.29) is 11.2 Å². The van der Waals surface area contributed by atoms with E-state index in [2.05, 4.69) is 25.3 Å². The molecule has 2 nitrogen and oxygen atoms in total. The monoisotopic (exact) mass is 212 g/mol. The van der Waals surface area contributed by atoms with Crippen LogP contribution in [-0.4, -0.2) is 11.2 Å². The zero-order valence-corrected chi connectivity index (χ0v) is 8.52. The average Bonchev–Trinajstić information content (AvgIpc) is 2.08. The summed E-state index contributed by atoms with van der Waals surface area (Å²) in [7, 11) is 0. The third kappa shape index (κ3) is 1.69. The normalized spacial score (nSPS) is 20.8. The molecule has 4 heteroatoms. The minimum Gasteiger partial charge on any atom is -0.425 e. The molecule has 0 aliphatic carbocycles. The van der Waals surface area contributed by atoms with Crippen molar-refractivity contribution in [3.05, 3.63) is 23.8 Å². The molecule has 1 aliphatic rings. The van der Waals surface area contributed by atoms with Crippen molar-refractivity contribution in [2.75, 3.05) is 0 Å². The van der Waals surface area contributed by atoms with E-state index >= 15 is 0 Å². The Morgan fingerprint density at radius 1 is 1.46 bits per heavy atom. The Hall–Kier alpha value is -0.610. The number of esters is 1. The molecule has 13 heavy (non-hydrogen) atoms. The first-order valence-corrected chi connectivity index (χ1v) is 4.85. The van der Waals surface area contributed by atoms with Gasteiger partial charge >= 0.3 is 5.97 Å². The Kier molecular flexibility index (Phi) is 2.26. The van der Waals surface area contributed by atoms with Gasteiger partial charge in [-0.15, -0.1) is 12.6 Å². The first-order valence-electron chi connectivity index (χ1n) is 3.88. The lowest BCUT2D eigenvalue weighted by molar-refractivity contribution is -0.134. The molecule has 1 aromatic rings. The zero-order valence-electron chi connectivity index (χ0n) is 6.73. The maximum absolute atomic E-state index is 11.1. The van der Waals surface area contributed by atoms with Crippen molar-refractivity contribution in [3.8, 4) is 5.75 Å². The van der Waals surface area contributed by atoms with E-state index in [0.29, 0.717) is 12.2 Å². The molecule has 68 valence electrons. The van der Waals surface area contributed by atoms with E-state index in [9.17, 15) is 4.79 Å². The largest absolute Gasteiger partial charge is 0.425 e. The van der Waals surface area contributed by atoms with Crippen LogP contribution in [0.15, 0.2) is 23.1 Å². The smallest absolute Gasteiger partial charge is 0.324 e. The van der Waals surface area contributed by atoms with E-state index in [0.717, 1.165) is 10.5 Å². The van der Waals surface area contributed by atoms with Gasteiger partial charge in [-0.25, -0.2) is 0 Å². The van der Waals surface area contributed by atoms with E-state index in [1.165, 1.54) is 0 Å². The molecule has 0 saturated carbocycles. The van der Waals surface area contributed by atoms with Crippen LogP contribution in [0.5, 0.6) is 5.75 Å². The number of carbonyl (C=O) groups excluding carboxylic acids is 1. The van der Waals surface area contributed by atoms with Crippen molar-refractivity contribution < 1.29 is 9.53 Å². The number of fused-ring (bicyclic) bond motifs is 1. The summed E-state index contributed by atoms with van der Waals surface area (Å²) < 4.78 is 5.06. The number of thiol groups is 2. The SMILES string of the molecule is O=C1Oc2cc(S)ccc2CC1S. The van der Waals surface area contributed by atoms with Gasteiger partial charge in [0, 0.05) is 4.90 Å². The summed E-state index contributed by atoms with van der Waals surface area (Å²) in [5.74, 6) is 0.331. The third-order valence-electron chi connectivity index (χ3n) is 1.95. The Bertz CT molecular complexity index is 363. The standard InChI is InChI=1S/C9H8O2S2/c10-9-8(13)3-5-1-2-6(12)4-7(5)11-9/h1-2,4,8,12-13H,3H2. The van der Waals surface area contributed by atoms with Crippen LogP contribution in [0.25, 0.3) is 0 Å². The molecular formula is C9H8O2S2. The van der Waals surface area contributed by atoms with Gasteiger partial charge in [0.2, 0.25) is 0 Å². The minimum absolute atomic E-state index is 0.283. The molecule has 1 aromatic carbocycles. The Labute approximate surface area is 87.1 Å². The lowest BCUT2D eigenvalue weighted by atomic mass is 10.1. The topological polar surface area (TPSA) is 26.3 Å². The van der Waals surface area contributed by atoms with Gasteiger partial charge in [0.05, 0.1) is 0 Å². The number of hydrogen-bond donors (Lipinski definition) is 2. The molecular weight excluding hydrogens is 204 g/mol. The van der Waals surface area contributed by atoms with Crippen LogP contribution in [0.3, 0.4) is 0 Å². The van der Waals surface area contributed by atoms with Crippen LogP contribution in [0.1, 0.15) is 5.56 Å². The zero-order chi connectivity index (χ0) is 9.42. The number of rotatable bonds is 0. The second-order valence-corrected chi connectivity index (χ2v) is 4.07. The van der Waals surface area contributed by atoms with Crippen molar-refractivity contribution in [3.63, 3.8) is 0 Å². The van der Waals surface area contributed by atoms with Gasteiger partial charge in [-0.3, -0.25) is 4.79 Å². The highest BCUT2D eigenvalue weighted by Crippen LogP contribution is 2.29. The Balaban J connectivity index is 2.42. The summed E-state index contributed by atoms with van der Waals surface area (Å²) in [6.07, 6.45) is 0.630. The average molecular weight is 212 g/mol. The number of ether oxygens (including phenoxy) is 1. The number of benzene rings is 1. The fourth-order valence-corrected chi connectivity index (χ4v) is 1.72. The number of carbonyl (C=O) groups is 1. The van der Waals surface area contributed by atoms with E-state index in [4.69, 9.17) is 4.74 Å². The number of hydrogen-bond acceptors (Lipinski definition) is 4. The molecule has 0 fully saturated rings. The van der Waals surface area contributed by atoms with Gasteiger partial charge in [-0.05, 0) is 24.1 Å². The summed E-state index contributed by atoms with van der Waals surface area (Å²) in [6, 6.07) is 5.53. The molecule has 0 bridgehead atoms. The maximum Gasteiger partial charge on any atom is 0.324 e. The van der Waals surface area contributed by atoms with Crippen LogP contribution in [0, 0.1) is 0 Å². The lowest BCUT2D eigenvalue weighted by Crippen LogP contribution is -2.28. The summed E-state index contributed by atoms with van der Waals surface area (Å²) in [4.78, 5) is 11.9. The molecule has 0 saturated heterocycles. The van der Waals surface area contributed by atoms with Crippen molar-refractivity contribution in [1.82, 2.24) is 0 Å². The van der Waals surface area contributed by atoms with Gasteiger partial charge < -0.3 is 4.74 Å².